The number of nitrogens with two attached hydrogens (primary N) is 1. The molecule has 2 saturated heterocycles. The summed E-state index contributed by atoms with van der Waals surface area (Å²) in [6, 6.07) is 4.91. The third-order valence-electron chi connectivity index (χ3n) is 8.95. The molecule has 62 heavy (non-hydrogen) atoms. The number of carboxylic acids is 1. The maximum Gasteiger partial charge on any atom is 0.475 e. The summed E-state index contributed by atoms with van der Waals surface area (Å²) < 4.78 is 39.7. The number of rotatable bonds is 24. The zero-order valence-electron chi connectivity index (χ0n) is 32.5. The van der Waals surface area contributed by atoms with Crippen molar-refractivity contribution in [1.82, 2.24) is 30.5 Å². The van der Waals surface area contributed by atoms with Crippen LogP contribution in [-0.2, 0) is 47.0 Å². The Morgan fingerprint density at radius 3 is 2.48 bits per heavy atom. The topological polar surface area (TPSA) is 403 Å². The number of amides is 3. The number of phosphoric ester groups is 1. The Hall–Kier alpha value is -3.84. The number of hydrogen-bond donors (Lipinski definition) is 12. The van der Waals surface area contributed by atoms with E-state index in [4.69, 9.17) is 29.0 Å². The van der Waals surface area contributed by atoms with Crippen LogP contribution in [-0.4, -0.2) is 179 Å². The molecule has 4 rings (SSSR count). The number of anilines is 1. The van der Waals surface area contributed by atoms with Gasteiger partial charge in [0.15, 0.2) is 6.23 Å². The molecule has 2 aromatic heterocycles. The van der Waals surface area contributed by atoms with E-state index in [1.165, 1.54) is 27.7 Å². The minimum atomic E-state index is -5.65. The van der Waals surface area contributed by atoms with Crippen molar-refractivity contribution in [3.05, 3.63) is 47.1 Å². The quantitative estimate of drug-likeness (QED) is 0.0268. The van der Waals surface area contributed by atoms with Gasteiger partial charge in [-0.25, -0.2) is 23.7 Å². The fraction of sp³-hybridized carbons (Fsp3) is 0.606. The number of nitrogen functional groups attached to an aromatic ring is 1. The monoisotopic (exact) mass is 941 g/mol. The van der Waals surface area contributed by atoms with Crippen molar-refractivity contribution in [1.29, 1.82) is 0 Å². The number of aliphatic hydroxyl groups excluding tert-OH is 6. The van der Waals surface area contributed by atoms with E-state index >= 15 is 0 Å². The predicted octanol–water partition coefficient (Wildman–Crippen LogP) is -4.43. The Morgan fingerprint density at radius 2 is 1.81 bits per heavy atom. The van der Waals surface area contributed by atoms with Crippen LogP contribution in [0.3, 0.4) is 0 Å². The van der Waals surface area contributed by atoms with Crippen LogP contribution >= 0.6 is 29.4 Å². The number of ether oxygens (including phenoxy) is 3. The molecule has 0 radical (unpaired) electrons. The molecular formula is C33H48N7O19PS2. The van der Waals surface area contributed by atoms with Crippen molar-refractivity contribution in [2.45, 2.75) is 85.1 Å². The average Bonchev–Trinajstić information content (AvgIpc) is 3.51. The number of phosphoric acid groups is 1. The first-order chi connectivity index (χ1) is 29.4. The molecule has 26 nitrogen and oxygen atoms in total. The largest absolute Gasteiger partial charge is 0.477 e. The lowest BCUT2D eigenvalue weighted by Crippen LogP contribution is -2.68. The smallest absolute Gasteiger partial charge is 0.475 e. The standard InChI is InChI=1S/C33H48N7O19PS2/c34-20-4-9-40(32(52)38-20)30-28(49)27(48)19(57-30)16-56-60(53,54)59-33(31(50)51)13-17(42)25(29(58-33)26(47)18(43)15-41)39-23(46)14-37-21(44)5-10-55-11-8-35-22(45)6-12-61-62-24-3-1-2-7-36-24/h1-4,7,9,17-19,25-30,41-43,47-49H,5-6,8,10-16H2,(H,35,45)(H,37,44)(H,39,46)(H,50,51)(H,53,54)(H2,34,38,52)/t17?,18-,19-,25?,26?,27?,28+,29?,30-,33?/m1/s1. The molecule has 0 bridgehead atoms. The van der Waals surface area contributed by atoms with Gasteiger partial charge < -0.3 is 76.5 Å². The molecule has 7 unspecified atom stereocenters. The summed E-state index contributed by atoms with van der Waals surface area (Å²) >= 11 is 0. The lowest BCUT2D eigenvalue weighted by molar-refractivity contribution is -0.289. The molecule has 11 atom stereocenters. The van der Waals surface area contributed by atoms with Gasteiger partial charge in [0.1, 0.15) is 47.5 Å². The highest BCUT2D eigenvalue weighted by molar-refractivity contribution is 8.76. The molecule has 13 N–H and O–H groups in total. The van der Waals surface area contributed by atoms with Crippen LogP contribution in [0.1, 0.15) is 25.5 Å². The van der Waals surface area contributed by atoms with E-state index in [9.17, 15) is 69.2 Å². The highest BCUT2D eigenvalue weighted by Crippen LogP contribution is 2.51. The summed E-state index contributed by atoms with van der Waals surface area (Å²) in [4.78, 5) is 80.2. The van der Waals surface area contributed by atoms with Gasteiger partial charge in [-0.05, 0) is 29.0 Å². The Bertz CT molecular complexity index is 1930. The Kier molecular flexibility index (Phi) is 19.4. The van der Waals surface area contributed by atoms with Gasteiger partial charge in [0.2, 0.25) is 17.7 Å². The van der Waals surface area contributed by atoms with Crippen LogP contribution in [0.15, 0.2) is 46.5 Å². The molecule has 0 aliphatic carbocycles. The number of aliphatic hydroxyl groups is 6. The Labute approximate surface area is 359 Å². The fourth-order valence-corrected chi connectivity index (χ4v) is 8.66. The zero-order valence-corrected chi connectivity index (χ0v) is 35.0. The number of hydrogen-bond acceptors (Lipinski definition) is 22. The first kappa shape index (κ1) is 50.8. The van der Waals surface area contributed by atoms with Crippen molar-refractivity contribution in [2.24, 2.45) is 0 Å². The summed E-state index contributed by atoms with van der Waals surface area (Å²) in [6.45, 7) is -2.76. The number of nitrogens with zero attached hydrogens (tertiary/aromatic N) is 3. The molecule has 0 spiro atoms. The maximum absolute atomic E-state index is 13.1. The summed E-state index contributed by atoms with van der Waals surface area (Å²) in [5, 5.41) is 80.5. The highest BCUT2D eigenvalue weighted by atomic mass is 33.1. The SMILES string of the molecule is Nc1ccn([C@@H]2O[C@H](COP(=O)(O)OC3(C(=O)O)CC(O)C(NC(=O)CNC(=O)CCOCCNC(=O)CCSSc4ccccn4)C(C(O)[C@H](O)CO)O3)C(O)[C@@H]2O)c(=O)n1. The number of carboxylic acid groups (broad SMARTS) is 1. The predicted molar refractivity (Wildman–Crippen MR) is 211 cm³/mol. The van der Waals surface area contributed by atoms with Gasteiger partial charge in [0.05, 0.1) is 45.1 Å². The molecular weight excluding hydrogens is 894 g/mol. The molecule has 2 fully saturated rings. The average molecular weight is 942 g/mol. The molecule has 2 aromatic rings. The molecule has 2 aliphatic rings. The van der Waals surface area contributed by atoms with Crippen LogP contribution in [0.2, 0.25) is 0 Å². The number of aromatic nitrogens is 3. The number of aliphatic carboxylic acids is 1. The second kappa shape index (κ2) is 23.7. The number of carbonyl (C=O) groups is 4. The van der Waals surface area contributed by atoms with E-state index in [1.54, 1.807) is 12.3 Å². The zero-order chi connectivity index (χ0) is 45.6. The first-order valence-electron chi connectivity index (χ1n) is 18.6. The molecule has 3 amide bonds. The molecule has 29 heteroatoms. The van der Waals surface area contributed by atoms with Crippen molar-refractivity contribution >= 4 is 58.9 Å². The lowest BCUT2D eigenvalue weighted by Gasteiger charge is -2.46. The van der Waals surface area contributed by atoms with Gasteiger partial charge in [0.25, 0.3) is 5.79 Å². The van der Waals surface area contributed by atoms with E-state index in [-0.39, 0.29) is 44.3 Å². The van der Waals surface area contributed by atoms with Crippen LogP contribution in [0.25, 0.3) is 0 Å². The Balaban J connectivity index is 1.25. The lowest BCUT2D eigenvalue weighted by atomic mass is 9.88. The summed E-state index contributed by atoms with van der Waals surface area (Å²) in [5.74, 6) is -6.99. The normalized spacial score (nSPS) is 26.8. The van der Waals surface area contributed by atoms with Crippen LogP contribution in [0, 0.1) is 0 Å². The first-order valence-corrected chi connectivity index (χ1v) is 22.4. The Morgan fingerprint density at radius 1 is 1.06 bits per heavy atom. The molecule has 4 heterocycles. The molecule has 2 aliphatic heterocycles. The number of pyridine rings is 1. The van der Waals surface area contributed by atoms with Crippen LogP contribution in [0.4, 0.5) is 5.82 Å². The second-order valence-corrected chi connectivity index (χ2v) is 17.3. The summed E-state index contributed by atoms with van der Waals surface area (Å²) in [7, 11) is -2.72. The minimum absolute atomic E-state index is 0.0858. The molecule has 0 saturated carbocycles. The minimum Gasteiger partial charge on any atom is -0.477 e. The van der Waals surface area contributed by atoms with Crippen molar-refractivity contribution in [3.8, 4) is 0 Å². The molecule has 346 valence electrons. The second-order valence-electron chi connectivity index (χ2n) is 13.5. The van der Waals surface area contributed by atoms with Crippen molar-refractivity contribution in [3.63, 3.8) is 0 Å². The van der Waals surface area contributed by atoms with Gasteiger partial charge in [-0.2, -0.15) is 4.98 Å². The van der Waals surface area contributed by atoms with E-state index in [0.29, 0.717) is 5.75 Å². The van der Waals surface area contributed by atoms with Crippen LogP contribution in [0.5, 0.6) is 0 Å². The third kappa shape index (κ3) is 14.6. The van der Waals surface area contributed by atoms with E-state index in [1.807, 2.05) is 12.1 Å². The van der Waals surface area contributed by atoms with Crippen LogP contribution < -0.4 is 27.4 Å². The number of carbonyl (C=O) groups excluding carboxylic acids is 3. The number of nitrogens with one attached hydrogen (secondary N) is 3. The van der Waals surface area contributed by atoms with Gasteiger partial charge in [0, 0.05) is 44.0 Å². The van der Waals surface area contributed by atoms with Gasteiger partial charge in [-0.3, -0.25) is 23.5 Å². The third-order valence-corrected chi connectivity index (χ3v) is 12.2. The van der Waals surface area contributed by atoms with Gasteiger partial charge in [-0.15, -0.1) is 0 Å². The maximum atomic E-state index is 13.1. The van der Waals surface area contributed by atoms with Crippen molar-refractivity contribution in [2.75, 3.05) is 51.0 Å². The fourth-order valence-electron chi connectivity index (χ4n) is 5.84. The van der Waals surface area contributed by atoms with Crippen molar-refractivity contribution < 1.29 is 87.6 Å². The van der Waals surface area contributed by atoms with E-state index in [0.717, 1.165) is 15.8 Å². The van der Waals surface area contributed by atoms with E-state index < -0.39 is 118 Å². The summed E-state index contributed by atoms with van der Waals surface area (Å²) in [5.41, 5.74) is 4.48. The highest BCUT2D eigenvalue weighted by Gasteiger charge is 2.59. The van der Waals surface area contributed by atoms with E-state index in [2.05, 4.69) is 25.9 Å². The molecule has 0 aromatic carbocycles. The van der Waals surface area contributed by atoms with Gasteiger partial charge >= 0.3 is 19.5 Å². The van der Waals surface area contributed by atoms with Gasteiger partial charge in [-0.1, -0.05) is 16.9 Å². The summed E-state index contributed by atoms with van der Waals surface area (Å²) in [6.07, 6.45) is -13.9.